The van der Waals surface area contributed by atoms with E-state index in [1.54, 1.807) is 42.2 Å². The topological polar surface area (TPSA) is 84.0 Å². The van der Waals surface area contributed by atoms with Crippen molar-refractivity contribution in [3.05, 3.63) is 64.2 Å². The molecule has 1 aliphatic carbocycles. The lowest BCUT2D eigenvalue weighted by molar-refractivity contribution is -0.139. The second-order valence-electron chi connectivity index (χ2n) is 9.87. The van der Waals surface area contributed by atoms with Gasteiger partial charge in [-0.1, -0.05) is 29.3 Å². The van der Waals surface area contributed by atoms with E-state index in [1.807, 2.05) is 26.0 Å². The summed E-state index contributed by atoms with van der Waals surface area (Å²) in [7, 11) is 0. The number of aryl methyl sites for hydroxylation is 1. The SMILES string of the molecule is CC1=CC[C@@H]2C(=O)N(c3ccc(OC(=O)[C@H]4CC(=O)N(c5cccc(Cl)c5C)C4)cc3C)C(=O)[C@@H]2C1. The van der Waals surface area contributed by atoms with Crippen LogP contribution >= 0.6 is 11.6 Å². The van der Waals surface area contributed by atoms with Gasteiger partial charge in [0, 0.05) is 23.7 Å². The van der Waals surface area contributed by atoms with Crippen molar-refractivity contribution >= 4 is 46.7 Å². The van der Waals surface area contributed by atoms with Crippen LogP contribution in [0, 0.1) is 31.6 Å². The maximum atomic E-state index is 13.1. The molecule has 0 aromatic heterocycles. The van der Waals surface area contributed by atoms with E-state index >= 15 is 0 Å². The van der Waals surface area contributed by atoms with Crippen LogP contribution in [-0.4, -0.2) is 30.2 Å². The van der Waals surface area contributed by atoms with E-state index in [9.17, 15) is 19.2 Å². The molecule has 5 rings (SSSR count). The molecule has 2 saturated heterocycles. The minimum Gasteiger partial charge on any atom is -0.426 e. The van der Waals surface area contributed by atoms with Gasteiger partial charge in [0.05, 0.1) is 23.4 Å². The van der Waals surface area contributed by atoms with Gasteiger partial charge in [-0.25, -0.2) is 4.90 Å². The monoisotopic (exact) mass is 506 g/mol. The lowest BCUT2D eigenvalue weighted by Crippen LogP contribution is -2.31. The summed E-state index contributed by atoms with van der Waals surface area (Å²) >= 11 is 6.20. The van der Waals surface area contributed by atoms with Crippen LogP contribution in [0.25, 0.3) is 0 Å². The molecule has 2 aliphatic heterocycles. The standard InChI is InChI=1S/C28H27ClN2O5/c1-15-7-9-20-21(11-15)27(34)31(26(20)33)23-10-8-19(12-16(23)2)36-28(35)18-13-25(32)30(14-18)24-6-4-5-22(29)17(24)3/h4-8,10,12,18,20-21H,9,11,13-14H2,1-3H3/t18-,20-,21+/m0/s1. The molecular weight excluding hydrogens is 480 g/mol. The Bertz CT molecular complexity index is 1330. The highest BCUT2D eigenvalue weighted by atomic mass is 35.5. The zero-order valence-electron chi connectivity index (χ0n) is 20.4. The second kappa shape index (κ2) is 9.21. The summed E-state index contributed by atoms with van der Waals surface area (Å²) in [5.74, 6) is -1.95. The van der Waals surface area contributed by atoms with Crippen molar-refractivity contribution in [1.82, 2.24) is 0 Å². The number of carbonyl (C=O) groups is 4. The van der Waals surface area contributed by atoms with Gasteiger partial charge in [0.1, 0.15) is 5.75 Å². The molecular formula is C28H27ClN2O5. The van der Waals surface area contributed by atoms with E-state index in [4.69, 9.17) is 16.3 Å². The van der Waals surface area contributed by atoms with Gasteiger partial charge in [-0.05, 0) is 75.1 Å². The number of carbonyl (C=O) groups excluding carboxylic acids is 4. The lowest BCUT2D eigenvalue weighted by atomic mass is 9.82. The highest BCUT2D eigenvalue weighted by Gasteiger charge is 2.49. The minimum absolute atomic E-state index is 0.0505. The predicted molar refractivity (Wildman–Crippen MR) is 136 cm³/mol. The Balaban J connectivity index is 1.29. The number of imide groups is 1. The highest BCUT2D eigenvalue weighted by Crippen LogP contribution is 2.41. The predicted octanol–water partition coefficient (Wildman–Crippen LogP) is 4.76. The molecule has 186 valence electrons. The van der Waals surface area contributed by atoms with E-state index < -0.39 is 11.9 Å². The first-order chi connectivity index (χ1) is 17.2. The van der Waals surface area contributed by atoms with Gasteiger partial charge in [-0.2, -0.15) is 0 Å². The van der Waals surface area contributed by atoms with Gasteiger partial charge >= 0.3 is 5.97 Å². The van der Waals surface area contributed by atoms with Gasteiger partial charge in [-0.3, -0.25) is 19.2 Å². The number of hydrogen-bond donors (Lipinski definition) is 0. The average Bonchev–Trinajstić information content (AvgIpc) is 3.33. The van der Waals surface area contributed by atoms with Crippen molar-refractivity contribution in [1.29, 1.82) is 0 Å². The van der Waals surface area contributed by atoms with Crippen LogP contribution in [0.4, 0.5) is 11.4 Å². The number of anilines is 2. The second-order valence-corrected chi connectivity index (χ2v) is 10.3. The number of benzene rings is 2. The summed E-state index contributed by atoms with van der Waals surface area (Å²) in [6, 6.07) is 10.2. The van der Waals surface area contributed by atoms with Gasteiger partial charge in [0.15, 0.2) is 0 Å². The number of esters is 1. The number of nitrogens with zero attached hydrogens (tertiary/aromatic N) is 2. The molecule has 0 bridgehead atoms. The van der Waals surface area contributed by atoms with Crippen LogP contribution in [0.15, 0.2) is 48.0 Å². The zero-order chi connectivity index (χ0) is 25.7. The first-order valence-electron chi connectivity index (χ1n) is 12.1. The smallest absolute Gasteiger partial charge is 0.316 e. The molecule has 2 heterocycles. The van der Waals surface area contributed by atoms with Crippen molar-refractivity contribution < 1.29 is 23.9 Å². The molecule has 7 nitrogen and oxygen atoms in total. The number of hydrogen-bond acceptors (Lipinski definition) is 5. The maximum absolute atomic E-state index is 13.1. The molecule has 0 unspecified atom stereocenters. The van der Waals surface area contributed by atoms with Crippen LogP contribution < -0.4 is 14.5 Å². The molecule has 3 aliphatic rings. The molecule has 8 heteroatoms. The minimum atomic E-state index is -0.614. The van der Waals surface area contributed by atoms with Crippen molar-refractivity contribution in [3.63, 3.8) is 0 Å². The molecule has 3 atom stereocenters. The number of amides is 3. The number of halogens is 1. The maximum Gasteiger partial charge on any atom is 0.316 e. The third-order valence-corrected chi connectivity index (χ3v) is 7.85. The fourth-order valence-electron chi connectivity index (χ4n) is 5.40. The molecule has 0 radical (unpaired) electrons. The summed E-state index contributed by atoms with van der Waals surface area (Å²) in [5.41, 5.74) is 3.77. The number of fused-ring (bicyclic) bond motifs is 1. The van der Waals surface area contributed by atoms with Gasteiger partial charge in [0.25, 0.3) is 0 Å². The third kappa shape index (κ3) is 4.11. The number of allylic oxidation sites excluding steroid dienone is 2. The van der Waals surface area contributed by atoms with E-state index in [-0.39, 0.29) is 42.5 Å². The molecule has 0 N–H and O–H groups in total. The molecule has 2 fully saturated rings. The van der Waals surface area contributed by atoms with Gasteiger partial charge in [0.2, 0.25) is 17.7 Å². The number of ether oxygens (including phenoxy) is 1. The first-order valence-corrected chi connectivity index (χ1v) is 12.4. The Morgan fingerprint density at radius 2 is 1.72 bits per heavy atom. The average molecular weight is 507 g/mol. The summed E-state index contributed by atoms with van der Waals surface area (Å²) in [6.45, 7) is 5.81. The molecule has 2 aromatic rings. The largest absolute Gasteiger partial charge is 0.426 e. The van der Waals surface area contributed by atoms with Crippen LogP contribution in [0.3, 0.4) is 0 Å². The zero-order valence-corrected chi connectivity index (χ0v) is 21.2. The van der Waals surface area contributed by atoms with E-state index in [0.717, 1.165) is 11.1 Å². The quantitative estimate of drug-likeness (QED) is 0.258. The Hall–Kier alpha value is -3.45. The Morgan fingerprint density at radius 1 is 0.972 bits per heavy atom. The van der Waals surface area contributed by atoms with E-state index in [0.29, 0.717) is 40.6 Å². The Labute approximate surface area is 214 Å². The lowest BCUT2D eigenvalue weighted by Gasteiger charge is -2.20. The summed E-state index contributed by atoms with van der Waals surface area (Å²) in [6.07, 6.45) is 3.27. The summed E-state index contributed by atoms with van der Waals surface area (Å²) in [5, 5.41) is 0.558. The molecule has 2 aromatic carbocycles. The van der Waals surface area contributed by atoms with Crippen LogP contribution in [0.1, 0.15) is 37.3 Å². The molecule has 0 spiro atoms. The fraction of sp³-hybridized carbons (Fsp3) is 0.357. The summed E-state index contributed by atoms with van der Waals surface area (Å²) in [4.78, 5) is 54.5. The van der Waals surface area contributed by atoms with Crippen molar-refractivity contribution in [2.24, 2.45) is 17.8 Å². The Morgan fingerprint density at radius 3 is 2.47 bits per heavy atom. The van der Waals surface area contributed by atoms with Crippen LogP contribution in [0.2, 0.25) is 5.02 Å². The molecule has 36 heavy (non-hydrogen) atoms. The van der Waals surface area contributed by atoms with E-state index in [1.165, 1.54) is 4.90 Å². The normalized spacial score (nSPS) is 23.7. The first kappa shape index (κ1) is 24.3. The van der Waals surface area contributed by atoms with Gasteiger partial charge in [-0.15, -0.1) is 0 Å². The van der Waals surface area contributed by atoms with E-state index in [2.05, 4.69) is 0 Å². The molecule has 0 saturated carbocycles. The van der Waals surface area contributed by atoms with Gasteiger partial charge < -0.3 is 9.64 Å². The highest BCUT2D eigenvalue weighted by molar-refractivity contribution is 6.31. The molecule has 3 amide bonds. The Kier molecular flexibility index (Phi) is 6.20. The fourth-order valence-corrected chi connectivity index (χ4v) is 5.57. The van der Waals surface area contributed by atoms with Crippen LogP contribution in [-0.2, 0) is 19.2 Å². The van der Waals surface area contributed by atoms with Crippen molar-refractivity contribution in [2.75, 3.05) is 16.3 Å². The van der Waals surface area contributed by atoms with Crippen molar-refractivity contribution in [2.45, 2.75) is 40.0 Å². The van der Waals surface area contributed by atoms with Crippen molar-refractivity contribution in [3.8, 4) is 5.75 Å². The summed E-state index contributed by atoms with van der Waals surface area (Å²) < 4.78 is 5.61. The number of rotatable bonds is 4. The third-order valence-electron chi connectivity index (χ3n) is 7.44. The van der Waals surface area contributed by atoms with Crippen LogP contribution in [0.5, 0.6) is 5.75 Å².